The summed E-state index contributed by atoms with van der Waals surface area (Å²) < 4.78 is 15.7. The fourth-order valence-electron chi connectivity index (χ4n) is 4.90. The van der Waals surface area contributed by atoms with Gasteiger partial charge in [0.25, 0.3) is 0 Å². The third-order valence-electron chi connectivity index (χ3n) is 6.90. The molecule has 4 heterocycles. The van der Waals surface area contributed by atoms with E-state index in [-0.39, 0.29) is 17.6 Å². The summed E-state index contributed by atoms with van der Waals surface area (Å²) in [6, 6.07) is 12.7. The predicted molar refractivity (Wildman–Crippen MR) is 141 cm³/mol. The van der Waals surface area contributed by atoms with Crippen molar-refractivity contribution in [2.24, 2.45) is 5.92 Å². The van der Waals surface area contributed by atoms with E-state index in [2.05, 4.69) is 30.3 Å². The van der Waals surface area contributed by atoms with Gasteiger partial charge in [0.15, 0.2) is 5.65 Å². The summed E-state index contributed by atoms with van der Waals surface area (Å²) in [5.74, 6) is 0.287. The van der Waals surface area contributed by atoms with E-state index in [0.29, 0.717) is 35.0 Å². The molecule has 5 aromatic rings. The highest BCUT2D eigenvalue weighted by molar-refractivity contribution is 6.31. The van der Waals surface area contributed by atoms with Crippen molar-refractivity contribution < 1.29 is 9.18 Å². The number of nitrogens with one attached hydrogen (secondary N) is 2. The van der Waals surface area contributed by atoms with Gasteiger partial charge in [-0.3, -0.25) is 4.79 Å². The minimum absolute atomic E-state index is 0.0116. The molecular weight excluding hydrogens is 493 g/mol. The lowest BCUT2D eigenvalue weighted by molar-refractivity contribution is -0.125. The first kappa shape index (κ1) is 23.4. The number of carbonyl (C=O) groups excluding carboxylic acids is 1. The van der Waals surface area contributed by atoms with Gasteiger partial charge in [0.1, 0.15) is 18.0 Å². The van der Waals surface area contributed by atoms with E-state index < -0.39 is 0 Å². The summed E-state index contributed by atoms with van der Waals surface area (Å²) in [7, 11) is 0. The summed E-state index contributed by atoms with van der Waals surface area (Å²) in [4.78, 5) is 27.3. The van der Waals surface area contributed by atoms with Crippen molar-refractivity contribution in [3.63, 3.8) is 0 Å². The Labute approximate surface area is 217 Å². The molecule has 1 atom stereocenters. The number of hydrogen-bond acceptors (Lipinski definition) is 5. The molecule has 188 valence electrons. The Hall–Kier alpha value is -3.98. The number of aromatic amines is 1. The second-order valence-corrected chi connectivity index (χ2v) is 9.91. The molecule has 0 spiro atoms. The molecule has 0 saturated carbocycles. The van der Waals surface area contributed by atoms with Crippen molar-refractivity contribution >= 4 is 45.3 Å². The number of anilines is 1. The first-order valence-electron chi connectivity index (χ1n) is 12.2. The highest BCUT2D eigenvalue weighted by Crippen LogP contribution is 2.28. The second-order valence-electron chi connectivity index (χ2n) is 9.47. The first-order chi connectivity index (χ1) is 17.9. The van der Waals surface area contributed by atoms with E-state index in [0.717, 1.165) is 47.2 Å². The Balaban J connectivity index is 1.18. The lowest BCUT2D eigenvalue weighted by Crippen LogP contribution is -2.43. The van der Waals surface area contributed by atoms with E-state index >= 15 is 0 Å². The van der Waals surface area contributed by atoms with Crippen LogP contribution in [0.4, 0.5) is 10.2 Å². The Kier molecular flexibility index (Phi) is 6.00. The van der Waals surface area contributed by atoms with Gasteiger partial charge < -0.3 is 15.2 Å². The number of halogens is 2. The topological polar surface area (TPSA) is 91.7 Å². The normalized spacial score (nSPS) is 16.0. The second kappa shape index (κ2) is 9.48. The van der Waals surface area contributed by atoms with E-state index in [9.17, 15) is 9.18 Å². The van der Waals surface area contributed by atoms with Crippen LogP contribution in [-0.2, 0) is 11.3 Å². The SMILES string of the molecule is Cc1ccc(-n2cc3c(N4CCC[C@H](C(=O)NCc5cc6cc(Cl)ccc6[nH]5)C4)ncnc3n2)cc1F. The zero-order valence-electron chi connectivity index (χ0n) is 20.2. The molecule has 1 saturated heterocycles. The number of aromatic nitrogens is 5. The molecule has 0 unspecified atom stereocenters. The first-order valence-corrected chi connectivity index (χ1v) is 12.6. The molecule has 6 rings (SSSR count). The van der Waals surface area contributed by atoms with Gasteiger partial charge in [0, 0.05) is 40.9 Å². The van der Waals surface area contributed by atoms with Crippen LogP contribution in [0.2, 0.25) is 5.02 Å². The molecule has 37 heavy (non-hydrogen) atoms. The number of benzene rings is 2. The fraction of sp³-hybridized carbons (Fsp3) is 0.259. The van der Waals surface area contributed by atoms with Crippen LogP contribution in [0.1, 0.15) is 24.1 Å². The molecule has 8 nitrogen and oxygen atoms in total. The zero-order valence-corrected chi connectivity index (χ0v) is 21.0. The van der Waals surface area contributed by atoms with Crippen molar-refractivity contribution in [2.45, 2.75) is 26.3 Å². The third kappa shape index (κ3) is 4.62. The lowest BCUT2D eigenvalue weighted by Gasteiger charge is -2.33. The number of amides is 1. The highest BCUT2D eigenvalue weighted by atomic mass is 35.5. The molecule has 1 aliphatic heterocycles. The molecule has 1 fully saturated rings. The zero-order chi connectivity index (χ0) is 25.5. The van der Waals surface area contributed by atoms with Gasteiger partial charge in [0.05, 0.1) is 23.5 Å². The quantitative estimate of drug-likeness (QED) is 0.345. The summed E-state index contributed by atoms with van der Waals surface area (Å²) in [5, 5.41) is 10.1. The van der Waals surface area contributed by atoms with Gasteiger partial charge in [-0.25, -0.2) is 19.0 Å². The standard InChI is InChI=1S/C27H25ClFN7O/c1-16-4-6-21(11-23(16)29)36-14-22-25(34-36)31-15-32-26(22)35-8-2-3-17(13-35)27(37)30-12-20-10-18-9-19(28)5-7-24(18)33-20/h4-7,9-11,14-15,17,33H,2-3,8,12-13H2,1H3,(H,30,37)/t17-/m0/s1. The summed E-state index contributed by atoms with van der Waals surface area (Å²) in [5.41, 5.74) is 3.63. The van der Waals surface area contributed by atoms with Crippen LogP contribution in [0, 0.1) is 18.7 Å². The minimum atomic E-state index is -0.288. The molecule has 1 amide bonds. The van der Waals surface area contributed by atoms with Crippen LogP contribution in [0.5, 0.6) is 0 Å². The molecule has 10 heteroatoms. The van der Waals surface area contributed by atoms with Crippen molar-refractivity contribution in [2.75, 3.05) is 18.0 Å². The third-order valence-corrected chi connectivity index (χ3v) is 7.13. The number of nitrogens with zero attached hydrogens (tertiary/aromatic N) is 5. The van der Waals surface area contributed by atoms with Crippen molar-refractivity contribution in [3.8, 4) is 5.69 Å². The van der Waals surface area contributed by atoms with Gasteiger partial charge in [0.2, 0.25) is 5.91 Å². The molecule has 2 N–H and O–H groups in total. The largest absolute Gasteiger partial charge is 0.357 e. The van der Waals surface area contributed by atoms with Gasteiger partial charge in [-0.2, -0.15) is 0 Å². The van der Waals surface area contributed by atoms with Crippen LogP contribution in [0.25, 0.3) is 27.6 Å². The maximum Gasteiger partial charge on any atom is 0.225 e. The van der Waals surface area contributed by atoms with Crippen molar-refractivity contribution in [1.29, 1.82) is 0 Å². The number of piperidine rings is 1. The molecule has 0 bridgehead atoms. The maximum absolute atomic E-state index is 14.1. The number of H-pyrrole nitrogens is 1. The monoisotopic (exact) mass is 517 g/mol. The molecule has 2 aromatic carbocycles. The van der Waals surface area contributed by atoms with Gasteiger partial charge in [-0.1, -0.05) is 17.7 Å². The molecule has 1 aliphatic rings. The Bertz CT molecular complexity index is 1630. The van der Waals surface area contributed by atoms with Gasteiger partial charge in [-0.15, -0.1) is 5.10 Å². The average Bonchev–Trinajstić information content (AvgIpc) is 3.52. The van der Waals surface area contributed by atoms with E-state index in [1.165, 1.54) is 12.4 Å². The summed E-state index contributed by atoms with van der Waals surface area (Å²) >= 11 is 6.08. The van der Waals surface area contributed by atoms with Gasteiger partial charge >= 0.3 is 0 Å². The Morgan fingerprint density at radius 1 is 1.22 bits per heavy atom. The molecule has 3 aromatic heterocycles. The smallest absolute Gasteiger partial charge is 0.225 e. The van der Waals surface area contributed by atoms with Crippen molar-refractivity contribution in [1.82, 2.24) is 30.0 Å². The summed E-state index contributed by atoms with van der Waals surface area (Å²) in [6.07, 6.45) is 4.98. The van der Waals surface area contributed by atoms with Crippen molar-refractivity contribution in [3.05, 3.63) is 77.1 Å². The predicted octanol–water partition coefficient (Wildman–Crippen LogP) is 4.93. The lowest BCUT2D eigenvalue weighted by atomic mass is 9.97. The number of hydrogen-bond donors (Lipinski definition) is 2. The Morgan fingerprint density at radius 3 is 2.97 bits per heavy atom. The average molecular weight is 518 g/mol. The number of aryl methyl sites for hydroxylation is 1. The molecule has 0 aliphatic carbocycles. The maximum atomic E-state index is 14.1. The fourth-order valence-corrected chi connectivity index (χ4v) is 5.08. The summed E-state index contributed by atoms with van der Waals surface area (Å²) in [6.45, 7) is 3.47. The Morgan fingerprint density at radius 2 is 2.11 bits per heavy atom. The number of carbonyl (C=O) groups is 1. The van der Waals surface area contributed by atoms with Crippen LogP contribution in [0.15, 0.2) is 55.0 Å². The van der Waals surface area contributed by atoms with Crippen LogP contribution in [0.3, 0.4) is 0 Å². The number of fused-ring (bicyclic) bond motifs is 2. The van der Waals surface area contributed by atoms with Crippen LogP contribution in [-0.4, -0.2) is 43.7 Å². The highest BCUT2D eigenvalue weighted by Gasteiger charge is 2.28. The van der Waals surface area contributed by atoms with E-state index in [1.54, 1.807) is 17.7 Å². The molecule has 0 radical (unpaired) electrons. The number of rotatable bonds is 5. The van der Waals surface area contributed by atoms with E-state index in [4.69, 9.17) is 11.6 Å². The minimum Gasteiger partial charge on any atom is -0.357 e. The van der Waals surface area contributed by atoms with Gasteiger partial charge in [-0.05, 0) is 61.7 Å². The van der Waals surface area contributed by atoms with Crippen LogP contribution >= 0.6 is 11.6 Å². The molecular formula is C27H25ClFN7O. The van der Waals surface area contributed by atoms with Crippen LogP contribution < -0.4 is 10.2 Å². The van der Waals surface area contributed by atoms with E-state index in [1.807, 2.05) is 36.5 Å².